The third-order valence-corrected chi connectivity index (χ3v) is 11.5. The second-order valence-electron chi connectivity index (χ2n) is 12.3. The molecule has 55 heavy (non-hydrogen) atoms. The highest BCUT2D eigenvalue weighted by Gasteiger charge is 2.50. The normalized spacial score (nSPS) is 22.4. The maximum Gasteiger partial charge on any atom is 0.481 e. The van der Waals surface area contributed by atoms with Crippen molar-refractivity contribution in [2.24, 2.45) is 5.41 Å². The van der Waals surface area contributed by atoms with Gasteiger partial charge in [0, 0.05) is 43.7 Å². The fraction of sp³-hybridized carbons (Fsp3) is 0.680. The number of carbonyl (C=O) groups excluding carboxylic acids is 3. The average Bonchev–Trinajstić information content (AvgIpc) is 3.64. The fourth-order valence-corrected chi connectivity index (χ4v) is 8.16. The van der Waals surface area contributed by atoms with E-state index in [0.717, 1.165) is 29.0 Å². The van der Waals surface area contributed by atoms with Crippen LogP contribution < -0.4 is 16.4 Å². The molecule has 1 aliphatic rings. The van der Waals surface area contributed by atoms with Gasteiger partial charge >= 0.3 is 23.5 Å². The second-order valence-corrected chi connectivity index (χ2v) is 17.6. The van der Waals surface area contributed by atoms with E-state index in [2.05, 4.69) is 34.4 Å². The minimum Gasteiger partial charge on any atom is -0.396 e. The quantitative estimate of drug-likeness (QED) is 0.0427. The number of ether oxygens (including phenoxy) is 1. The molecule has 312 valence electrons. The molecule has 2 aromatic heterocycles. The molecule has 30 heteroatoms. The van der Waals surface area contributed by atoms with E-state index < -0.39 is 95.8 Å². The van der Waals surface area contributed by atoms with Crippen molar-refractivity contribution in [3.63, 3.8) is 0 Å². The van der Waals surface area contributed by atoms with Crippen molar-refractivity contribution < 1.29 is 90.7 Å². The molecule has 1 fully saturated rings. The third-order valence-electron chi connectivity index (χ3n) is 7.42. The molecule has 0 aromatic carbocycles. The van der Waals surface area contributed by atoms with Crippen LogP contribution in [0.15, 0.2) is 12.7 Å². The highest BCUT2D eigenvalue weighted by molar-refractivity contribution is 8.13. The summed E-state index contributed by atoms with van der Waals surface area (Å²) in [6.45, 7) is -0.183. The number of fused-ring (bicyclic) bond motifs is 1. The van der Waals surface area contributed by atoms with Crippen LogP contribution in [-0.2, 0) is 50.7 Å². The second kappa shape index (κ2) is 19.8. The number of nitrogen functional groups attached to an aromatic ring is 1. The molecule has 12 N–H and O–H groups in total. The summed E-state index contributed by atoms with van der Waals surface area (Å²) in [7, 11) is -16.4. The largest absolute Gasteiger partial charge is 0.481 e. The molecule has 1 aliphatic heterocycles. The number of imidazole rings is 1. The number of thioether (sulfide) groups is 1. The SMILES string of the molecule is CC(C)(COP(=O)(O)OP(=O)(O)OC[C@H]1O[C@@H](n2cnc3c(N)ncnc32)[C@H](O)[C@@H]1OP(=O)(O)O)[C@@H](O)C(=O)NCCC(=O)NCCSC(=O)C(O)CCO. The number of phosphoric ester groups is 3. The molecule has 2 amide bonds. The maximum atomic E-state index is 12.6. The number of phosphoric acid groups is 3. The Balaban J connectivity index is 1.50. The van der Waals surface area contributed by atoms with Crippen LogP contribution in [0, 0.1) is 5.41 Å². The molecule has 3 unspecified atom stereocenters. The molecule has 0 radical (unpaired) electrons. The average molecular weight is 870 g/mol. The zero-order valence-electron chi connectivity index (χ0n) is 29.0. The number of nitrogens with zero attached hydrogens (tertiary/aromatic N) is 4. The van der Waals surface area contributed by atoms with Gasteiger partial charge in [0.25, 0.3) is 0 Å². The summed E-state index contributed by atoms with van der Waals surface area (Å²) in [6, 6.07) is 0. The van der Waals surface area contributed by atoms with Crippen LogP contribution in [-0.4, -0.2) is 146 Å². The van der Waals surface area contributed by atoms with E-state index in [9.17, 15) is 63.0 Å². The van der Waals surface area contributed by atoms with Gasteiger partial charge in [-0.1, -0.05) is 25.6 Å². The molecule has 26 nitrogen and oxygen atoms in total. The first kappa shape index (κ1) is 46.9. The van der Waals surface area contributed by atoms with Gasteiger partial charge in [0.15, 0.2) is 17.7 Å². The van der Waals surface area contributed by atoms with Gasteiger partial charge in [0.1, 0.15) is 42.4 Å². The number of aliphatic hydroxyl groups is 4. The Kier molecular flexibility index (Phi) is 16.8. The molecule has 0 aliphatic carbocycles. The van der Waals surface area contributed by atoms with Gasteiger partial charge in [-0.15, -0.1) is 0 Å². The zero-order chi connectivity index (χ0) is 41.4. The standard InChI is InChI=1S/C25H42N7O19P3S/c1-25(2,19(37)22(38)28-5-3-15(35)27-6-8-55-24(39)13(34)4-7-33)10-48-54(45,46)51-53(43,44)47-9-14-18(50-52(40,41)42)17(36)23(49-14)32-12-31-16-20(26)29-11-30-21(16)32/h11-14,17-19,23,33-34,36-37H,3-10H2,1-2H3,(H,27,35)(H,28,38)(H,43,44)(H,45,46)(H2,26,29,30)(H2,40,41,42)/t13?,14-,17-,18-,19+,23-/m1/s1. The van der Waals surface area contributed by atoms with Gasteiger partial charge in [-0.25, -0.2) is 28.6 Å². The van der Waals surface area contributed by atoms with Crippen LogP contribution in [0.25, 0.3) is 11.2 Å². The smallest absolute Gasteiger partial charge is 0.396 e. The molecule has 0 spiro atoms. The number of nitrogens with one attached hydrogen (secondary N) is 2. The summed E-state index contributed by atoms with van der Waals surface area (Å²) in [4.78, 5) is 87.0. The predicted octanol–water partition coefficient (Wildman–Crippen LogP) is -2.59. The first-order chi connectivity index (χ1) is 25.5. The van der Waals surface area contributed by atoms with Crippen molar-refractivity contribution in [1.82, 2.24) is 30.2 Å². The van der Waals surface area contributed by atoms with Crippen LogP contribution in [0.5, 0.6) is 0 Å². The topological polar surface area (TPSA) is 404 Å². The number of hydrogen-bond donors (Lipinski definition) is 11. The van der Waals surface area contributed by atoms with Gasteiger partial charge in [-0.05, 0) is 0 Å². The summed E-state index contributed by atoms with van der Waals surface area (Å²) in [6.07, 6.45) is -8.53. The monoisotopic (exact) mass is 869 g/mol. The number of aromatic nitrogens is 4. The van der Waals surface area contributed by atoms with E-state index in [1.54, 1.807) is 0 Å². The number of rotatable bonds is 22. The Labute approximate surface area is 315 Å². The Morgan fingerprint density at radius 3 is 2.38 bits per heavy atom. The van der Waals surface area contributed by atoms with Crippen LogP contribution in [0.2, 0.25) is 0 Å². The van der Waals surface area contributed by atoms with E-state index in [1.807, 2.05) is 0 Å². The van der Waals surface area contributed by atoms with Gasteiger partial charge in [0.2, 0.25) is 16.9 Å². The number of nitrogens with two attached hydrogens (primary N) is 1. The molecule has 0 saturated carbocycles. The summed E-state index contributed by atoms with van der Waals surface area (Å²) < 4.78 is 61.9. The lowest BCUT2D eigenvalue weighted by molar-refractivity contribution is -0.137. The van der Waals surface area contributed by atoms with Crippen LogP contribution >= 0.6 is 35.2 Å². The first-order valence-electron chi connectivity index (χ1n) is 15.8. The van der Waals surface area contributed by atoms with Crippen LogP contribution in [0.1, 0.15) is 32.9 Å². The van der Waals surface area contributed by atoms with E-state index in [0.29, 0.717) is 0 Å². The summed E-state index contributed by atoms with van der Waals surface area (Å²) in [5, 5.41) is 43.8. The zero-order valence-corrected chi connectivity index (χ0v) is 32.5. The molecular weight excluding hydrogens is 827 g/mol. The van der Waals surface area contributed by atoms with E-state index in [4.69, 9.17) is 24.6 Å². The molecule has 8 atom stereocenters. The third kappa shape index (κ3) is 14.1. The van der Waals surface area contributed by atoms with Crippen molar-refractivity contribution in [2.75, 3.05) is 44.4 Å². The highest BCUT2D eigenvalue weighted by atomic mass is 32.2. The molecule has 0 bridgehead atoms. The lowest BCUT2D eigenvalue weighted by atomic mass is 9.87. The Bertz CT molecular complexity index is 1800. The number of anilines is 1. The molecule has 3 heterocycles. The minimum atomic E-state index is -5.59. The molecule has 3 rings (SSSR count). The Morgan fingerprint density at radius 2 is 1.73 bits per heavy atom. The lowest BCUT2D eigenvalue weighted by Gasteiger charge is -2.30. The van der Waals surface area contributed by atoms with Crippen molar-refractivity contribution >= 4 is 69.1 Å². The number of amides is 2. The van der Waals surface area contributed by atoms with Crippen LogP contribution in [0.4, 0.5) is 5.82 Å². The van der Waals surface area contributed by atoms with Crippen LogP contribution in [0.3, 0.4) is 0 Å². The summed E-state index contributed by atoms with van der Waals surface area (Å²) in [5.74, 6) is -1.46. The Morgan fingerprint density at radius 1 is 1.05 bits per heavy atom. The lowest BCUT2D eigenvalue weighted by Crippen LogP contribution is -2.46. The molecule has 2 aromatic rings. The van der Waals surface area contributed by atoms with Gasteiger partial charge in [-0.3, -0.25) is 32.5 Å². The number of carbonyl (C=O) groups is 3. The fourth-order valence-electron chi connectivity index (χ4n) is 4.62. The minimum absolute atomic E-state index is 0.0206. The summed E-state index contributed by atoms with van der Waals surface area (Å²) in [5.41, 5.74) is 4.20. The van der Waals surface area contributed by atoms with E-state index in [1.165, 1.54) is 13.8 Å². The number of hydrogen-bond acceptors (Lipinski definition) is 20. The van der Waals surface area contributed by atoms with Crippen molar-refractivity contribution in [3.8, 4) is 0 Å². The van der Waals surface area contributed by atoms with Gasteiger partial charge in [-0.2, -0.15) is 4.31 Å². The predicted molar refractivity (Wildman–Crippen MR) is 185 cm³/mol. The highest BCUT2D eigenvalue weighted by Crippen LogP contribution is 2.61. The van der Waals surface area contributed by atoms with Crippen molar-refractivity contribution in [3.05, 3.63) is 12.7 Å². The first-order valence-corrected chi connectivity index (χ1v) is 21.3. The van der Waals surface area contributed by atoms with Crippen molar-refractivity contribution in [1.29, 1.82) is 0 Å². The van der Waals surface area contributed by atoms with E-state index in [-0.39, 0.29) is 55.3 Å². The van der Waals surface area contributed by atoms with Crippen molar-refractivity contribution in [2.45, 2.75) is 63.4 Å². The van der Waals surface area contributed by atoms with Gasteiger partial charge < -0.3 is 61.1 Å². The van der Waals surface area contributed by atoms with E-state index >= 15 is 0 Å². The molecular formula is C25H42N7O19P3S. The number of aliphatic hydroxyl groups excluding tert-OH is 4. The Hall–Kier alpha value is -2.52. The van der Waals surface area contributed by atoms with Gasteiger partial charge in [0.05, 0.1) is 19.5 Å². The summed E-state index contributed by atoms with van der Waals surface area (Å²) >= 11 is 0.757. The molecule has 1 saturated heterocycles. The maximum absolute atomic E-state index is 12.6.